The molecule has 1 aromatic rings. The minimum atomic E-state index is -1.04. The molecule has 3 amide bonds. The van der Waals surface area contributed by atoms with E-state index >= 15 is 0 Å². The van der Waals surface area contributed by atoms with Gasteiger partial charge in [-0.15, -0.1) is 0 Å². The summed E-state index contributed by atoms with van der Waals surface area (Å²) >= 11 is 0. The van der Waals surface area contributed by atoms with Crippen molar-refractivity contribution in [2.45, 2.75) is 124 Å². The van der Waals surface area contributed by atoms with Gasteiger partial charge in [0.1, 0.15) is 23.4 Å². The number of phenolic OH excluding ortho intramolecular Hbond substituents is 1. The lowest BCUT2D eigenvalue weighted by Gasteiger charge is -2.35. The predicted octanol–water partition coefficient (Wildman–Crippen LogP) is 6.09. The van der Waals surface area contributed by atoms with E-state index in [9.17, 15) is 19.5 Å². The third-order valence-corrected chi connectivity index (χ3v) is 6.13. The molecule has 8 nitrogen and oxygen atoms in total. The van der Waals surface area contributed by atoms with Gasteiger partial charge in [0.15, 0.2) is 0 Å². The van der Waals surface area contributed by atoms with Gasteiger partial charge in [-0.2, -0.15) is 0 Å². The van der Waals surface area contributed by atoms with Crippen molar-refractivity contribution >= 4 is 17.9 Å². The van der Waals surface area contributed by atoms with Crippen LogP contribution in [-0.2, 0) is 14.3 Å². The number of carbonyl (C=O) groups is 3. The van der Waals surface area contributed by atoms with Crippen LogP contribution in [-0.4, -0.2) is 52.1 Å². The highest BCUT2D eigenvalue weighted by Crippen LogP contribution is 2.31. The highest BCUT2D eigenvalue weighted by atomic mass is 16.6. The summed E-state index contributed by atoms with van der Waals surface area (Å²) in [5.74, 6) is -0.671. The second-order valence-corrected chi connectivity index (χ2v) is 11.6. The highest BCUT2D eigenvalue weighted by Gasteiger charge is 2.37. The molecule has 3 N–H and O–H groups in total. The summed E-state index contributed by atoms with van der Waals surface area (Å²) in [4.78, 5) is 42.2. The molecule has 0 bridgehead atoms. The van der Waals surface area contributed by atoms with Crippen LogP contribution in [0.2, 0.25) is 0 Å². The Labute approximate surface area is 229 Å². The Morgan fingerprint density at radius 3 is 2.18 bits per heavy atom. The molecule has 0 aliphatic rings. The van der Waals surface area contributed by atoms with Gasteiger partial charge in [0.05, 0.1) is 0 Å². The summed E-state index contributed by atoms with van der Waals surface area (Å²) < 4.78 is 5.44. The van der Waals surface area contributed by atoms with Crippen molar-refractivity contribution in [2.75, 3.05) is 6.54 Å². The molecule has 3 atom stereocenters. The van der Waals surface area contributed by atoms with E-state index in [0.717, 1.165) is 32.1 Å². The number of nitrogens with zero attached hydrogens (tertiary/aromatic N) is 1. The van der Waals surface area contributed by atoms with E-state index in [-0.39, 0.29) is 29.5 Å². The predicted molar refractivity (Wildman–Crippen MR) is 152 cm³/mol. The van der Waals surface area contributed by atoms with Gasteiger partial charge >= 0.3 is 6.09 Å². The Hall–Kier alpha value is -2.77. The van der Waals surface area contributed by atoms with Crippen LogP contribution in [0.3, 0.4) is 0 Å². The smallest absolute Gasteiger partial charge is 0.408 e. The summed E-state index contributed by atoms with van der Waals surface area (Å²) in [6, 6.07) is 4.61. The third kappa shape index (κ3) is 11.7. The number of unbranched alkanes of at least 4 members (excludes halogenated alkanes) is 3. The molecule has 216 valence electrons. The summed E-state index contributed by atoms with van der Waals surface area (Å²) in [6.45, 7) is 15.7. The van der Waals surface area contributed by atoms with Gasteiger partial charge in [0.2, 0.25) is 11.8 Å². The standard InChI is InChI=1S/C30H51N3O5/c1-9-11-12-15-19-33(28(36)24(20-21(3)4)32-29(37)38-30(6,7)8)26(23-17-13-14-18-25(23)34)27(35)31-22(5)16-10-2/h13-14,17-18,21-22,24,26,34H,9-12,15-16,19-20H2,1-8H3,(H,31,35)(H,32,37). The monoisotopic (exact) mass is 533 g/mol. The normalized spacial score (nSPS) is 13.9. The molecular formula is C30H51N3O5. The van der Waals surface area contributed by atoms with Crippen molar-refractivity contribution in [3.8, 4) is 5.75 Å². The zero-order valence-electron chi connectivity index (χ0n) is 24.8. The summed E-state index contributed by atoms with van der Waals surface area (Å²) in [7, 11) is 0. The molecule has 0 aliphatic carbocycles. The molecule has 0 radical (unpaired) electrons. The average molecular weight is 534 g/mol. The van der Waals surface area contributed by atoms with E-state index in [4.69, 9.17) is 4.74 Å². The first-order chi connectivity index (χ1) is 17.8. The van der Waals surface area contributed by atoms with Crippen molar-refractivity contribution in [3.63, 3.8) is 0 Å². The molecule has 1 aromatic carbocycles. The van der Waals surface area contributed by atoms with Gasteiger partial charge in [-0.1, -0.05) is 71.6 Å². The highest BCUT2D eigenvalue weighted by molar-refractivity contribution is 5.92. The number of carbonyl (C=O) groups excluding carboxylic acids is 3. The van der Waals surface area contributed by atoms with Crippen LogP contribution >= 0.6 is 0 Å². The van der Waals surface area contributed by atoms with Crippen molar-refractivity contribution in [1.29, 1.82) is 0 Å². The van der Waals surface area contributed by atoms with Crippen LogP contribution in [0.4, 0.5) is 4.79 Å². The van der Waals surface area contributed by atoms with E-state index in [2.05, 4.69) is 17.6 Å². The van der Waals surface area contributed by atoms with Crippen LogP contribution < -0.4 is 10.6 Å². The van der Waals surface area contributed by atoms with Gasteiger partial charge in [-0.25, -0.2) is 4.79 Å². The maximum atomic E-state index is 14.2. The molecule has 0 aromatic heterocycles. The first-order valence-corrected chi connectivity index (χ1v) is 14.2. The van der Waals surface area contributed by atoms with Gasteiger partial charge in [-0.05, 0) is 58.9 Å². The summed E-state index contributed by atoms with van der Waals surface area (Å²) in [5, 5.41) is 16.6. The number of nitrogens with one attached hydrogen (secondary N) is 2. The maximum Gasteiger partial charge on any atom is 0.408 e. The minimum Gasteiger partial charge on any atom is -0.508 e. The minimum absolute atomic E-state index is 0.0531. The number of hydrogen-bond acceptors (Lipinski definition) is 5. The van der Waals surface area contributed by atoms with E-state index in [1.807, 2.05) is 27.7 Å². The van der Waals surface area contributed by atoms with Crippen molar-refractivity contribution in [2.24, 2.45) is 5.92 Å². The molecule has 0 saturated heterocycles. The lowest BCUT2D eigenvalue weighted by atomic mass is 9.98. The molecule has 0 fully saturated rings. The number of phenols is 1. The molecule has 0 aliphatic heterocycles. The molecule has 3 unspecified atom stereocenters. The van der Waals surface area contributed by atoms with Crippen molar-refractivity contribution in [3.05, 3.63) is 29.8 Å². The molecule has 1 rings (SSSR count). The quantitative estimate of drug-likeness (QED) is 0.237. The van der Waals surface area contributed by atoms with Gasteiger partial charge < -0.3 is 25.4 Å². The average Bonchev–Trinajstić information content (AvgIpc) is 2.79. The van der Waals surface area contributed by atoms with Crippen LogP contribution in [0, 0.1) is 5.92 Å². The second-order valence-electron chi connectivity index (χ2n) is 11.6. The van der Waals surface area contributed by atoms with Crippen LogP contribution in [0.5, 0.6) is 5.75 Å². The number of benzene rings is 1. The van der Waals surface area contributed by atoms with Crippen LogP contribution in [0.15, 0.2) is 24.3 Å². The van der Waals surface area contributed by atoms with E-state index in [0.29, 0.717) is 24.9 Å². The number of hydrogen-bond donors (Lipinski definition) is 3. The van der Waals surface area contributed by atoms with Gasteiger partial charge in [0.25, 0.3) is 0 Å². The maximum absolute atomic E-state index is 14.2. The van der Waals surface area contributed by atoms with E-state index in [1.54, 1.807) is 39.0 Å². The molecule has 0 heterocycles. The number of alkyl carbamates (subject to hydrolysis) is 1. The summed E-state index contributed by atoms with van der Waals surface area (Å²) in [5.41, 5.74) is -0.360. The largest absolute Gasteiger partial charge is 0.508 e. The van der Waals surface area contributed by atoms with Crippen LogP contribution in [0.1, 0.15) is 112 Å². The third-order valence-electron chi connectivity index (χ3n) is 6.13. The number of aromatic hydroxyl groups is 1. The number of amides is 3. The van der Waals surface area contributed by atoms with Gasteiger partial charge in [-0.3, -0.25) is 9.59 Å². The SMILES string of the molecule is CCCCCCN(C(=O)C(CC(C)C)NC(=O)OC(C)(C)C)C(C(=O)NC(C)CCC)c1ccccc1O. The fourth-order valence-corrected chi connectivity index (χ4v) is 4.41. The molecule has 38 heavy (non-hydrogen) atoms. The Bertz CT molecular complexity index is 881. The fraction of sp³-hybridized carbons (Fsp3) is 0.700. The lowest BCUT2D eigenvalue weighted by Crippen LogP contribution is -2.54. The molecular weight excluding hydrogens is 482 g/mol. The first-order valence-electron chi connectivity index (χ1n) is 14.2. The van der Waals surface area contributed by atoms with E-state index < -0.39 is 23.8 Å². The molecule has 8 heteroatoms. The van der Waals surface area contributed by atoms with Crippen molar-refractivity contribution in [1.82, 2.24) is 15.5 Å². The fourth-order valence-electron chi connectivity index (χ4n) is 4.41. The number of ether oxygens (including phenoxy) is 1. The summed E-state index contributed by atoms with van der Waals surface area (Å²) in [6.07, 6.45) is 5.03. The van der Waals surface area contributed by atoms with Crippen LogP contribution in [0.25, 0.3) is 0 Å². The zero-order chi connectivity index (χ0) is 28.9. The Morgan fingerprint density at radius 1 is 0.974 bits per heavy atom. The lowest BCUT2D eigenvalue weighted by molar-refractivity contribution is -0.143. The molecule has 0 spiro atoms. The Balaban J connectivity index is 3.51. The zero-order valence-corrected chi connectivity index (χ0v) is 24.8. The van der Waals surface area contributed by atoms with Crippen molar-refractivity contribution < 1.29 is 24.2 Å². The van der Waals surface area contributed by atoms with E-state index in [1.165, 1.54) is 11.0 Å². The Morgan fingerprint density at radius 2 is 1.63 bits per heavy atom. The first kappa shape index (κ1) is 33.3. The molecule has 0 saturated carbocycles. The topological polar surface area (TPSA) is 108 Å². The Kier molecular flexibility index (Phi) is 14.2. The second kappa shape index (κ2) is 16.2. The van der Waals surface area contributed by atoms with Gasteiger partial charge in [0, 0.05) is 18.2 Å². The number of para-hydroxylation sites is 1. The number of rotatable bonds is 15.